The summed E-state index contributed by atoms with van der Waals surface area (Å²) >= 11 is 0. The summed E-state index contributed by atoms with van der Waals surface area (Å²) in [4.78, 5) is 2.35. The van der Waals surface area contributed by atoms with Gasteiger partial charge in [0.25, 0.3) is 0 Å². The molecule has 0 bridgehead atoms. The number of ether oxygens (including phenoxy) is 1. The van der Waals surface area contributed by atoms with E-state index in [2.05, 4.69) is 10.2 Å². The average Bonchev–Trinajstić information content (AvgIpc) is 2.71. The molecule has 0 saturated carbocycles. The minimum Gasteiger partial charge on any atom is -0.395 e. The van der Waals surface area contributed by atoms with Gasteiger partial charge in [0.05, 0.1) is 12.7 Å². The van der Waals surface area contributed by atoms with E-state index in [1.165, 1.54) is 12.8 Å². The predicted molar refractivity (Wildman–Crippen MR) is 54.3 cm³/mol. The number of rotatable bonds is 3. The Labute approximate surface area is 85.2 Å². The fourth-order valence-electron chi connectivity index (χ4n) is 2.27. The van der Waals surface area contributed by atoms with Crippen molar-refractivity contribution in [3.8, 4) is 0 Å². The lowest BCUT2D eigenvalue weighted by Crippen LogP contribution is -2.54. The summed E-state index contributed by atoms with van der Waals surface area (Å²) in [6.07, 6.45) is 2.78. The number of hydrogen-bond donors (Lipinski definition) is 2. The van der Waals surface area contributed by atoms with Gasteiger partial charge < -0.3 is 15.2 Å². The molecule has 2 atom stereocenters. The molecule has 2 unspecified atom stereocenters. The second-order valence-electron chi connectivity index (χ2n) is 4.17. The van der Waals surface area contributed by atoms with Crippen molar-refractivity contribution in [2.75, 3.05) is 39.4 Å². The van der Waals surface area contributed by atoms with Crippen molar-refractivity contribution in [1.82, 2.24) is 10.2 Å². The van der Waals surface area contributed by atoms with E-state index >= 15 is 0 Å². The highest BCUT2D eigenvalue weighted by Gasteiger charge is 2.25. The van der Waals surface area contributed by atoms with Gasteiger partial charge in [0, 0.05) is 38.8 Å². The first kappa shape index (κ1) is 10.4. The van der Waals surface area contributed by atoms with Gasteiger partial charge in [-0.25, -0.2) is 0 Å². The zero-order chi connectivity index (χ0) is 9.80. The van der Waals surface area contributed by atoms with Gasteiger partial charge in [0.2, 0.25) is 0 Å². The molecule has 2 fully saturated rings. The molecule has 14 heavy (non-hydrogen) atoms. The highest BCUT2D eigenvalue weighted by Crippen LogP contribution is 2.15. The van der Waals surface area contributed by atoms with Crippen LogP contribution in [0.4, 0.5) is 0 Å². The molecule has 4 nitrogen and oxygen atoms in total. The van der Waals surface area contributed by atoms with Crippen LogP contribution in [0.1, 0.15) is 12.8 Å². The lowest BCUT2D eigenvalue weighted by atomic mass is 10.1. The normalized spacial score (nSPS) is 34.9. The molecule has 0 aliphatic carbocycles. The smallest absolute Gasteiger partial charge is 0.0703 e. The predicted octanol–water partition coefficient (Wildman–Crippen LogP) is -0.568. The standard InChI is InChI=1S/C10H20N2O2/c13-8-9-6-11-3-4-12(9)7-10-2-1-5-14-10/h9-11,13H,1-8H2. The number of piperazine rings is 1. The minimum atomic E-state index is 0.250. The first-order valence-corrected chi connectivity index (χ1v) is 5.57. The van der Waals surface area contributed by atoms with Crippen LogP contribution in [-0.4, -0.2) is 61.5 Å². The van der Waals surface area contributed by atoms with Gasteiger partial charge in [-0.1, -0.05) is 0 Å². The van der Waals surface area contributed by atoms with Crippen molar-refractivity contribution >= 4 is 0 Å². The van der Waals surface area contributed by atoms with Crippen molar-refractivity contribution in [1.29, 1.82) is 0 Å². The summed E-state index contributed by atoms with van der Waals surface area (Å²) in [6, 6.07) is 0.285. The molecule has 0 spiro atoms. The Kier molecular flexibility index (Phi) is 3.75. The molecule has 2 saturated heterocycles. The molecular formula is C10H20N2O2. The fraction of sp³-hybridized carbons (Fsp3) is 1.00. The first-order chi connectivity index (χ1) is 6.90. The number of nitrogens with zero attached hydrogens (tertiary/aromatic N) is 1. The first-order valence-electron chi connectivity index (χ1n) is 5.57. The third-order valence-electron chi connectivity index (χ3n) is 3.15. The maximum atomic E-state index is 9.21. The van der Waals surface area contributed by atoms with Crippen LogP contribution in [-0.2, 0) is 4.74 Å². The molecule has 2 heterocycles. The van der Waals surface area contributed by atoms with Gasteiger partial charge in [-0.05, 0) is 12.8 Å². The summed E-state index contributed by atoms with van der Waals surface area (Å²) in [5.41, 5.74) is 0. The van der Waals surface area contributed by atoms with Crippen LogP contribution in [0, 0.1) is 0 Å². The molecule has 0 aromatic heterocycles. The van der Waals surface area contributed by atoms with Gasteiger partial charge in [0.15, 0.2) is 0 Å². The van der Waals surface area contributed by atoms with Crippen LogP contribution in [0.3, 0.4) is 0 Å². The van der Waals surface area contributed by atoms with Crippen LogP contribution >= 0.6 is 0 Å². The fourth-order valence-corrected chi connectivity index (χ4v) is 2.27. The highest BCUT2D eigenvalue weighted by atomic mass is 16.5. The second kappa shape index (κ2) is 5.07. The molecule has 2 aliphatic heterocycles. The average molecular weight is 200 g/mol. The molecule has 0 radical (unpaired) electrons. The maximum absolute atomic E-state index is 9.21. The van der Waals surface area contributed by atoms with Crippen molar-refractivity contribution in [3.05, 3.63) is 0 Å². The molecule has 2 N–H and O–H groups in total. The Morgan fingerprint density at radius 3 is 3.14 bits per heavy atom. The van der Waals surface area contributed by atoms with E-state index in [4.69, 9.17) is 4.74 Å². The Morgan fingerprint density at radius 1 is 1.50 bits per heavy atom. The van der Waals surface area contributed by atoms with Crippen molar-refractivity contribution in [2.24, 2.45) is 0 Å². The Hall–Kier alpha value is -0.160. The van der Waals surface area contributed by atoms with Crippen LogP contribution < -0.4 is 5.32 Å². The number of nitrogens with one attached hydrogen (secondary N) is 1. The topological polar surface area (TPSA) is 44.7 Å². The monoisotopic (exact) mass is 200 g/mol. The minimum absolute atomic E-state index is 0.250. The van der Waals surface area contributed by atoms with E-state index in [1.54, 1.807) is 0 Å². The SMILES string of the molecule is OCC1CNCCN1CC1CCCO1. The molecule has 0 aromatic rings. The summed E-state index contributed by atoms with van der Waals surface area (Å²) in [5, 5.41) is 12.5. The Bertz CT molecular complexity index is 172. The van der Waals surface area contributed by atoms with Gasteiger partial charge in [0.1, 0.15) is 0 Å². The molecule has 0 amide bonds. The highest BCUT2D eigenvalue weighted by molar-refractivity contribution is 4.82. The molecular weight excluding hydrogens is 180 g/mol. The van der Waals surface area contributed by atoms with E-state index in [1.807, 2.05) is 0 Å². The largest absolute Gasteiger partial charge is 0.395 e. The van der Waals surface area contributed by atoms with E-state index in [0.717, 1.165) is 32.8 Å². The van der Waals surface area contributed by atoms with Crippen molar-refractivity contribution < 1.29 is 9.84 Å². The zero-order valence-electron chi connectivity index (χ0n) is 8.61. The van der Waals surface area contributed by atoms with E-state index in [-0.39, 0.29) is 12.6 Å². The molecule has 82 valence electrons. The van der Waals surface area contributed by atoms with Crippen LogP contribution in [0.15, 0.2) is 0 Å². The Balaban J connectivity index is 1.81. The van der Waals surface area contributed by atoms with E-state index in [9.17, 15) is 5.11 Å². The number of hydrogen-bond acceptors (Lipinski definition) is 4. The molecule has 2 aliphatic rings. The van der Waals surface area contributed by atoms with Gasteiger partial charge in [-0.2, -0.15) is 0 Å². The second-order valence-corrected chi connectivity index (χ2v) is 4.17. The number of aliphatic hydroxyl groups excluding tert-OH is 1. The van der Waals surface area contributed by atoms with Crippen LogP contribution in [0.5, 0.6) is 0 Å². The van der Waals surface area contributed by atoms with E-state index < -0.39 is 0 Å². The quantitative estimate of drug-likeness (QED) is 0.640. The molecule has 2 rings (SSSR count). The number of aliphatic hydroxyl groups is 1. The zero-order valence-corrected chi connectivity index (χ0v) is 8.61. The van der Waals surface area contributed by atoms with Gasteiger partial charge in [-0.3, -0.25) is 4.90 Å². The van der Waals surface area contributed by atoms with Crippen LogP contribution in [0.25, 0.3) is 0 Å². The van der Waals surface area contributed by atoms with Crippen molar-refractivity contribution in [3.63, 3.8) is 0 Å². The molecule has 0 aromatic carbocycles. The third-order valence-corrected chi connectivity index (χ3v) is 3.15. The summed E-state index contributed by atoms with van der Waals surface area (Å²) < 4.78 is 5.60. The lowest BCUT2D eigenvalue weighted by Gasteiger charge is -2.36. The maximum Gasteiger partial charge on any atom is 0.0703 e. The summed E-state index contributed by atoms with van der Waals surface area (Å²) in [6.45, 7) is 5.13. The van der Waals surface area contributed by atoms with Crippen LogP contribution in [0.2, 0.25) is 0 Å². The summed E-state index contributed by atoms with van der Waals surface area (Å²) in [7, 11) is 0. The lowest BCUT2D eigenvalue weighted by molar-refractivity contribution is 0.0326. The van der Waals surface area contributed by atoms with Gasteiger partial charge >= 0.3 is 0 Å². The van der Waals surface area contributed by atoms with E-state index in [0.29, 0.717) is 6.10 Å². The summed E-state index contributed by atoms with van der Waals surface area (Å²) in [5.74, 6) is 0. The Morgan fingerprint density at radius 2 is 2.43 bits per heavy atom. The molecule has 4 heteroatoms. The third kappa shape index (κ3) is 2.45. The van der Waals surface area contributed by atoms with Crippen molar-refractivity contribution in [2.45, 2.75) is 25.0 Å². The van der Waals surface area contributed by atoms with Gasteiger partial charge in [-0.15, -0.1) is 0 Å².